The lowest BCUT2D eigenvalue weighted by molar-refractivity contribution is -0.123. The molecule has 4 nitrogen and oxygen atoms in total. The number of carbonyl (C=O) groups excluding carboxylic acids is 1. The van der Waals surface area contributed by atoms with Crippen molar-refractivity contribution in [3.63, 3.8) is 0 Å². The van der Waals surface area contributed by atoms with E-state index >= 15 is 0 Å². The van der Waals surface area contributed by atoms with Crippen LogP contribution < -0.4 is 10.1 Å². The van der Waals surface area contributed by atoms with E-state index in [1.54, 1.807) is 12.1 Å². The summed E-state index contributed by atoms with van der Waals surface area (Å²) >= 11 is 12.1. The number of amides is 1. The fourth-order valence-electron chi connectivity index (χ4n) is 2.70. The SMILES string of the molecule is Cc1cc(C)c(OCC(=O)NCc2ccc(-c3ccc(Cl)cc3)o2)c(Cl)c1. The minimum Gasteiger partial charge on any atom is -0.482 e. The van der Waals surface area contributed by atoms with Crippen molar-refractivity contribution in [2.75, 3.05) is 6.61 Å². The molecular formula is C21H19Cl2NO3. The molecule has 0 saturated heterocycles. The highest BCUT2D eigenvalue weighted by Gasteiger charge is 2.11. The van der Waals surface area contributed by atoms with Crippen molar-refractivity contribution >= 4 is 29.1 Å². The van der Waals surface area contributed by atoms with E-state index in [4.69, 9.17) is 32.4 Å². The summed E-state index contributed by atoms with van der Waals surface area (Å²) in [6.45, 7) is 4.01. The molecule has 27 heavy (non-hydrogen) atoms. The van der Waals surface area contributed by atoms with Crippen LogP contribution in [0.25, 0.3) is 11.3 Å². The van der Waals surface area contributed by atoms with Crippen molar-refractivity contribution in [2.45, 2.75) is 20.4 Å². The van der Waals surface area contributed by atoms with E-state index in [1.165, 1.54) is 0 Å². The van der Waals surface area contributed by atoms with Crippen molar-refractivity contribution in [3.05, 3.63) is 75.5 Å². The van der Waals surface area contributed by atoms with Crippen molar-refractivity contribution < 1.29 is 13.9 Å². The van der Waals surface area contributed by atoms with Crippen LogP contribution in [0.3, 0.4) is 0 Å². The molecule has 0 unspecified atom stereocenters. The average molecular weight is 404 g/mol. The smallest absolute Gasteiger partial charge is 0.258 e. The van der Waals surface area contributed by atoms with Gasteiger partial charge in [-0.15, -0.1) is 0 Å². The van der Waals surface area contributed by atoms with Gasteiger partial charge in [0, 0.05) is 10.6 Å². The zero-order valence-corrected chi connectivity index (χ0v) is 16.5. The van der Waals surface area contributed by atoms with Gasteiger partial charge in [0.25, 0.3) is 5.91 Å². The number of nitrogens with one attached hydrogen (secondary N) is 1. The number of hydrogen-bond donors (Lipinski definition) is 1. The van der Waals surface area contributed by atoms with Gasteiger partial charge in [-0.3, -0.25) is 4.79 Å². The second-order valence-electron chi connectivity index (χ2n) is 6.23. The number of ether oxygens (including phenoxy) is 1. The van der Waals surface area contributed by atoms with Crippen LogP contribution in [0.4, 0.5) is 0 Å². The van der Waals surface area contributed by atoms with Gasteiger partial charge >= 0.3 is 0 Å². The third-order valence-electron chi connectivity index (χ3n) is 3.97. The van der Waals surface area contributed by atoms with Gasteiger partial charge in [0.1, 0.15) is 17.3 Å². The van der Waals surface area contributed by atoms with E-state index in [-0.39, 0.29) is 19.1 Å². The molecule has 0 spiro atoms. The molecule has 3 aromatic rings. The summed E-state index contributed by atoms with van der Waals surface area (Å²) in [6, 6.07) is 14.8. The molecule has 0 aliphatic rings. The van der Waals surface area contributed by atoms with E-state index in [1.807, 2.05) is 50.2 Å². The van der Waals surface area contributed by atoms with Gasteiger partial charge in [0.05, 0.1) is 11.6 Å². The molecule has 0 aliphatic carbocycles. The van der Waals surface area contributed by atoms with Crippen molar-refractivity contribution in [1.29, 1.82) is 0 Å². The molecule has 1 aromatic heterocycles. The topological polar surface area (TPSA) is 51.5 Å². The molecule has 3 rings (SSSR count). The predicted molar refractivity (Wildman–Crippen MR) is 107 cm³/mol. The molecule has 2 aromatic carbocycles. The van der Waals surface area contributed by atoms with Crippen molar-refractivity contribution in [1.82, 2.24) is 5.32 Å². The van der Waals surface area contributed by atoms with E-state index in [0.717, 1.165) is 16.7 Å². The zero-order chi connectivity index (χ0) is 19.4. The molecule has 6 heteroatoms. The molecule has 0 fully saturated rings. The molecular weight excluding hydrogens is 385 g/mol. The maximum absolute atomic E-state index is 12.1. The van der Waals surface area contributed by atoms with E-state index in [0.29, 0.717) is 27.3 Å². The average Bonchev–Trinajstić information content (AvgIpc) is 3.08. The Hall–Kier alpha value is -2.43. The Morgan fingerprint density at radius 1 is 1.07 bits per heavy atom. The Bertz CT molecular complexity index is 925. The van der Waals surface area contributed by atoms with Crippen LogP contribution in [-0.4, -0.2) is 12.5 Å². The lowest BCUT2D eigenvalue weighted by atomic mass is 10.1. The number of benzene rings is 2. The third kappa shape index (κ3) is 5.06. The number of carbonyl (C=O) groups is 1. The quantitative estimate of drug-likeness (QED) is 0.585. The maximum Gasteiger partial charge on any atom is 0.258 e. The molecule has 0 radical (unpaired) electrons. The van der Waals surface area contributed by atoms with Gasteiger partial charge in [-0.1, -0.05) is 29.3 Å². The number of aryl methyl sites for hydroxylation is 2. The van der Waals surface area contributed by atoms with Crippen LogP contribution in [0.2, 0.25) is 10.0 Å². The van der Waals surface area contributed by atoms with Gasteiger partial charge < -0.3 is 14.5 Å². The van der Waals surface area contributed by atoms with Gasteiger partial charge in [-0.25, -0.2) is 0 Å². The van der Waals surface area contributed by atoms with Crippen LogP contribution in [0, 0.1) is 13.8 Å². The van der Waals surface area contributed by atoms with Crippen LogP contribution in [0.1, 0.15) is 16.9 Å². The molecule has 1 heterocycles. The lowest BCUT2D eigenvalue weighted by Crippen LogP contribution is -2.28. The second-order valence-corrected chi connectivity index (χ2v) is 7.07. The van der Waals surface area contributed by atoms with Crippen LogP contribution in [-0.2, 0) is 11.3 Å². The Balaban J connectivity index is 1.53. The zero-order valence-electron chi connectivity index (χ0n) is 15.0. The first-order chi connectivity index (χ1) is 12.9. The first-order valence-corrected chi connectivity index (χ1v) is 9.19. The minimum atomic E-state index is -0.254. The highest BCUT2D eigenvalue weighted by molar-refractivity contribution is 6.32. The minimum absolute atomic E-state index is 0.117. The van der Waals surface area contributed by atoms with Crippen LogP contribution in [0.5, 0.6) is 5.75 Å². The fraction of sp³-hybridized carbons (Fsp3) is 0.190. The van der Waals surface area contributed by atoms with E-state index < -0.39 is 0 Å². The Morgan fingerprint density at radius 2 is 1.81 bits per heavy atom. The Kier molecular flexibility index (Phi) is 6.09. The summed E-state index contributed by atoms with van der Waals surface area (Å²) < 4.78 is 11.3. The maximum atomic E-state index is 12.1. The summed E-state index contributed by atoms with van der Waals surface area (Å²) in [5, 5.41) is 3.94. The largest absolute Gasteiger partial charge is 0.482 e. The van der Waals surface area contributed by atoms with Crippen LogP contribution >= 0.6 is 23.2 Å². The summed E-state index contributed by atoms with van der Waals surface area (Å²) in [7, 11) is 0. The van der Waals surface area contributed by atoms with Crippen molar-refractivity contribution in [3.8, 4) is 17.1 Å². The van der Waals surface area contributed by atoms with Crippen molar-refractivity contribution in [2.24, 2.45) is 0 Å². The Labute approximate surface area is 168 Å². The standard InChI is InChI=1S/C21H19Cl2NO3/c1-13-9-14(2)21(18(23)10-13)26-12-20(25)24-11-17-7-8-19(27-17)15-3-5-16(22)6-4-15/h3-10H,11-12H2,1-2H3,(H,24,25). The molecule has 1 amide bonds. The van der Waals surface area contributed by atoms with Gasteiger partial charge in [0.15, 0.2) is 6.61 Å². The number of halogens is 2. The third-order valence-corrected chi connectivity index (χ3v) is 4.50. The summed E-state index contributed by atoms with van der Waals surface area (Å²) in [5.41, 5.74) is 2.86. The van der Waals surface area contributed by atoms with E-state index in [2.05, 4.69) is 5.32 Å². The summed E-state index contributed by atoms with van der Waals surface area (Å²) in [6.07, 6.45) is 0. The monoisotopic (exact) mass is 403 g/mol. The predicted octanol–water partition coefficient (Wildman–Crippen LogP) is 5.57. The summed E-state index contributed by atoms with van der Waals surface area (Å²) in [5.74, 6) is 1.64. The second kappa shape index (κ2) is 8.51. The summed E-state index contributed by atoms with van der Waals surface area (Å²) in [4.78, 5) is 12.1. The van der Waals surface area contributed by atoms with Gasteiger partial charge in [-0.05, 0) is 67.4 Å². The number of hydrogen-bond acceptors (Lipinski definition) is 3. The normalized spacial score (nSPS) is 10.7. The van der Waals surface area contributed by atoms with E-state index in [9.17, 15) is 4.79 Å². The molecule has 140 valence electrons. The number of rotatable bonds is 6. The van der Waals surface area contributed by atoms with Gasteiger partial charge in [0.2, 0.25) is 0 Å². The fourth-order valence-corrected chi connectivity index (χ4v) is 3.20. The highest BCUT2D eigenvalue weighted by Crippen LogP contribution is 2.29. The Morgan fingerprint density at radius 3 is 2.52 bits per heavy atom. The van der Waals surface area contributed by atoms with Crippen LogP contribution in [0.15, 0.2) is 52.9 Å². The number of furan rings is 1. The molecule has 0 saturated carbocycles. The lowest BCUT2D eigenvalue weighted by Gasteiger charge is -2.11. The van der Waals surface area contributed by atoms with Gasteiger partial charge in [-0.2, -0.15) is 0 Å². The first-order valence-electron chi connectivity index (χ1n) is 8.43. The molecule has 1 N–H and O–H groups in total. The molecule has 0 bridgehead atoms. The molecule has 0 atom stereocenters. The first kappa shape index (κ1) is 19.3. The molecule has 0 aliphatic heterocycles. The highest BCUT2D eigenvalue weighted by atomic mass is 35.5.